The highest BCUT2D eigenvalue weighted by atomic mass is 19.2. The van der Waals surface area contributed by atoms with Crippen molar-refractivity contribution in [3.8, 4) is 0 Å². The Kier molecular flexibility index (Phi) is 5.51. The second-order valence-corrected chi connectivity index (χ2v) is 3.97. The minimum absolute atomic E-state index is 0.0359. The minimum Gasteiger partial charge on any atom is -0.377 e. The third-order valence-electron chi connectivity index (χ3n) is 2.84. The third-order valence-corrected chi connectivity index (χ3v) is 2.84. The van der Waals surface area contributed by atoms with Gasteiger partial charge >= 0.3 is 0 Å². The molecule has 2 atom stereocenters. The van der Waals surface area contributed by atoms with Crippen LogP contribution in [0, 0.1) is 11.6 Å². The summed E-state index contributed by atoms with van der Waals surface area (Å²) >= 11 is 0. The van der Waals surface area contributed by atoms with Crippen LogP contribution in [0.3, 0.4) is 0 Å². The molecule has 17 heavy (non-hydrogen) atoms. The largest absolute Gasteiger partial charge is 0.377 e. The summed E-state index contributed by atoms with van der Waals surface area (Å²) in [6, 6.07) is 4.21. The first-order valence-electron chi connectivity index (χ1n) is 5.81. The van der Waals surface area contributed by atoms with E-state index >= 15 is 0 Å². The Hall–Kier alpha value is -1.00. The normalized spacial score (nSPS) is 14.6. The van der Waals surface area contributed by atoms with E-state index in [1.54, 1.807) is 13.1 Å². The zero-order valence-electron chi connectivity index (χ0n) is 10.5. The number of hydrogen-bond donors (Lipinski definition) is 1. The van der Waals surface area contributed by atoms with Crippen molar-refractivity contribution in [3.63, 3.8) is 0 Å². The van der Waals surface area contributed by atoms with Crippen LogP contribution in [0.1, 0.15) is 19.4 Å². The van der Waals surface area contributed by atoms with Crippen LogP contribution in [-0.2, 0) is 11.2 Å². The monoisotopic (exact) mass is 243 g/mol. The van der Waals surface area contributed by atoms with Crippen molar-refractivity contribution in [2.45, 2.75) is 32.4 Å². The molecule has 0 fully saturated rings. The molecule has 0 aromatic heterocycles. The van der Waals surface area contributed by atoms with E-state index in [4.69, 9.17) is 4.74 Å². The van der Waals surface area contributed by atoms with Crippen LogP contribution in [0.15, 0.2) is 18.2 Å². The minimum atomic E-state index is -0.804. The summed E-state index contributed by atoms with van der Waals surface area (Å²) < 4.78 is 32.0. The van der Waals surface area contributed by atoms with Crippen molar-refractivity contribution in [1.29, 1.82) is 0 Å². The fourth-order valence-corrected chi connectivity index (χ4v) is 1.82. The molecule has 2 nitrogen and oxygen atoms in total. The molecule has 0 aliphatic heterocycles. The van der Waals surface area contributed by atoms with Crippen molar-refractivity contribution in [3.05, 3.63) is 35.4 Å². The van der Waals surface area contributed by atoms with E-state index in [2.05, 4.69) is 5.32 Å². The number of halogens is 2. The van der Waals surface area contributed by atoms with Gasteiger partial charge in [0, 0.05) is 12.6 Å². The molecular formula is C13H19F2NO. The predicted octanol–water partition coefficient (Wildman–Crippen LogP) is 2.52. The van der Waals surface area contributed by atoms with Gasteiger partial charge in [-0.1, -0.05) is 12.1 Å². The zero-order chi connectivity index (χ0) is 12.8. The number of ether oxygens (including phenoxy) is 1. The molecule has 96 valence electrons. The second-order valence-electron chi connectivity index (χ2n) is 3.97. The van der Waals surface area contributed by atoms with E-state index < -0.39 is 11.6 Å². The molecule has 0 saturated carbocycles. The Morgan fingerprint density at radius 2 is 2.06 bits per heavy atom. The van der Waals surface area contributed by atoms with Crippen LogP contribution in [0.25, 0.3) is 0 Å². The van der Waals surface area contributed by atoms with Gasteiger partial charge in [-0.2, -0.15) is 0 Å². The lowest BCUT2D eigenvalue weighted by molar-refractivity contribution is 0.0494. The van der Waals surface area contributed by atoms with Crippen molar-refractivity contribution >= 4 is 0 Å². The van der Waals surface area contributed by atoms with Crippen molar-refractivity contribution in [1.82, 2.24) is 5.32 Å². The smallest absolute Gasteiger partial charge is 0.162 e. The van der Waals surface area contributed by atoms with Gasteiger partial charge in [-0.05, 0) is 38.9 Å². The standard InChI is InChI=1S/C13H19F2NO/c1-4-17-9(2)12(16-3)8-10-6-5-7-11(14)13(10)15/h5-7,9,12,16H,4,8H2,1-3H3. The average Bonchev–Trinajstić information content (AvgIpc) is 2.31. The van der Waals surface area contributed by atoms with E-state index in [9.17, 15) is 8.78 Å². The van der Waals surface area contributed by atoms with Crippen LogP contribution >= 0.6 is 0 Å². The van der Waals surface area contributed by atoms with Crippen LogP contribution in [-0.4, -0.2) is 25.8 Å². The molecule has 1 N–H and O–H groups in total. The number of benzene rings is 1. The van der Waals surface area contributed by atoms with Gasteiger partial charge in [-0.15, -0.1) is 0 Å². The Labute approximate surface area is 101 Å². The van der Waals surface area contributed by atoms with Gasteiger partial charge in [0.25, 0.3) is 0 Å². The molecule has 4 heteroatoms. The topological polar surface area (TPSA) is 21.3 Å². The maximum Gasteiger partial charge on any atom is 0.162 e. The number of hydrogen-bond acceptors (Lipinski definition) is 2. The lowest BCUT2D eigenvalue weighted by atomic mass is 10.0. The van der Waals surface area contributed by atoms with Gasteiger partial charge in [0.15, 0.2) is 11.6 Å². The lowest BCUT2D eigenvalue weighted by Crippen LogP contribution is -2.39. The Balaban J connectivity index is 2.77. The average molecular weight is 243 g/mol. The van der Waals surface area contributed by atoms with Gasteiger partial charge in [-0.3, -0.25) is 0 Å². The molecule has 0 amide bonds. The molecule has 1 aromatic carbocycles. The van der Waals surface area contributed by atoms with E-state index in [1.807, 2.05) is 13.8 Å². The summed E-state index contributed by atoms with van der Waals surface area (Å²) in [5.74, 6) is -1.57. The second kappa shape index (κ2) is 6.67. The molecule has 0 spiro atoms. The fourth-order valence-electron chi connectivity index (χ4n) is 1.82. The molecule has 0 aliphatic rings. The molecule has 1 rings (SSSR count). The van der Waals surface area contributed by atoms with Crippen LogP contribution in [0.4, 0.5) is 8.78 Å². The summed E-state index contributed by atoms with van der Waals surface area (Å²) in [5.41, 5.74) is 0.371. The highest BCUT2D eigenvalue weighted by Crippen LogP contribution is 2.15. The fraction of sp³-hybridized carbons (Fsp3) is 0.538. The van der Waals surface area contributed by atoms with E-state index in [0.29, 0.717) is 18.6 Å². The first kappa shape index (κ1) is 14.1. The number of rotatable bonds is 6. The van der Waals surface area contributed by atoms with Crippen LogP contribution < -0.4 is 5.32 Å². The van der Waals surface area contributed by atoms with Crippen molar-refractivity contribution in [2.75, 3.05) is 13.7 Å². The van der Waals surface area contributed by atoms with Crippen molar-refractivity contribution in [2.24, 2.45) is 0 Å². The van der Waals surface area contributed by atoms with Crippen molar-refractivity contribution < 1.29 is 13.5 Å². The molecular weight excluding hydrogens is 224 g/mol. The van der Waals surface area contributed by atoms with Gasteiger partial charge in [0.1, 0.15) is 0 Å². The SMILES string of the molecule is CCOC(C)C(Cc1cccc(F)c1F)NC. The summed E-state index contributed by atoms with van der Waals surface area (Å²) in [6.45, 7) is 4.43. The van der Waals surface area contributed by atoms with Crippen LogP contribution in [0.5, 0.6) is 0 Å². The first-order valence-corrected chi connectivity index (χ1v) is 5.81. The maximum absolute atomic E-state index is 13.5. The lowest BCUT2D eigenvalue weighted by Gasteiger charge is -2.23. The molecule has 2 unspecified atom stereocenters. The first-order chi connectivity index (χ1) is 8.10. The summed E-state index contributed by atoms with van der Waals surface area (Å²) in [5, 5.41) is 3.07. The quantitative estimate of drug-likeness (QED) is 0.829. The third kappa shape index (κ3) is 3.75. The summed E-state index contributed by atoms with van der Waals surface area (Å²) in [4.78, 5) is 0. The maximum atomic E-state index is 13.5. The highest BCUT2D eigenvalue weighted by Gasteiger charge is 2.18. The zero-order valence-corrected chi connectivity index (χ0v) is 10.5. The van der Waals surface area contributed by atoms with E-state index in [-0.39, 0.29) is 12.1 Å². The number of likely N-dealkylation sites (N-methyl/N-ethyl adjacent to an activating group) is 1. The van der Waals surface area contributed by atoms with Gasteiger partial charge in [0.2, 0.25) is 0 Å². The van der Waals surface area contributed by atoms with Crippen LogP contribution in [0.2, 0.25) is 0 Å². The molecule has 0 bridgehead atoms. The Morgan fingerprint density at radius 1 is 1.35 bits per heavy atom. The van der Waals surface area contributed by atoms with Gasteiger partial charge in [0.05, 0.1) is 6.10 Å². The Bertz CT molecular complexity index is 357. The summed E-state index contributed by atoms with van der Waals surface area (Å²) in [7, 11) is 1.79. The predicted molar refractivity (Wildman–Crippen MR) is 64.0 cm³/mol. The molecule has 0 aliphatic carbocycles. The summed E-state index contributed by atoms with van der Waals surface area (Å²) in [6.07, 6.45) is 0.356. The molecule has 0 radical (unpaired) electrons. The number of nitrogens with one attached hydrogen (secondary N) is 1. The molecule has 0 heterocycles. The van der Waals surface area contributed by atoms with E-state index in [1.165, 1.54) is 6.07 Å². The van der Waals surface area contributed by atoms with E-state index in [0.717, 1.165) is 6.07 Å². The molecule has 0 saturated heterocycles. The van der Waals surface area contributed by atoms with Gasteiger partial charge < -0.3 is 10.1 Å². The van der Waals surface area contributed by atoms with Gasteiger partial charge in [-0.25, -0.2) is 8.78 Å². The Morgan fingerprint density at radius 3 is 2.65 bits per heavy atom. The highest BCUT2D eigenvalue weighted by molar-refractivity contribution is 5.20. The molecule has 1 aromatic rings.